The predicted molar refractivity (Wildman–Crippen MR) is 84.8 cm³/mol. The second-order valence-corrected chi connectivity index (χ2v) is 6.18. The third-order valence-corrected chi connectivity index (χ3v) is 3.85. The minimum Gasteiger partial charge on any atom is -0.497 e. The van der Waals surface area contributed by atoms with Crippen molar-refractivity contribution >= 4 is 5.97 Å². The Balaban J connectivity index is 2.27. The highest BCUT2D eigenvalue weighted by Gasteiger charge is 2.26. The SMILES string of the molecule is COc1ccc(CCC(C)NCCC(C)(C)C(=O)O)cc1. The van der Waals surface area contributed by atoms with Gasteiger partial charge >= 0.3 is 5.97 Å². The minimum atomic E-state index is -0.741. The molecule has 2 N–H and O–H groups in total. The van der Waals surface area contributed by atoms with Crippen LogP contribution >= 0.6 is 0 Å². The number of methoxy groups -OCH3 is 1. The molecule has 0 amide bonds. The molecule has 118 valence electrons. The summed E-state index contributed by atoms with van der Waals surface area (Å²) in [6.45, 7) is 6.39. The highest BCUT2D eigenvalue weighted by Crippen LogP contribution is 2.19. The number of carboxylic acid groups (broad SMARTS) is 1. The van der Waals surface area contributed by atoms with E-state index in [-0.39, 0.29) is 0 Å². The van der Waals surface area contributed by atoms with Gasteiger partial charge in [0.1, 0.15) is 5.75 Å². The van der Waals surface area contributed by atoms with Crippen LogP contribution in [0.4, 0.5) is 0 Å². The number of carboxylic acids is 1. The van der Waals surface area contributed by atoms with Gasteiger partial charge in [-0.2, -0.15) is 0 Å². The molecule has 0 aliphatic rings. The normalized spacial score (nSPS) is 13.0. The van der Waals surface area contributed by atoms with Crippen molar-refractivity contribution in [1.82, 2.24) is 5.32 Å². The Labute approximate surface area is 127 Å². The van der Waals surface area contributed by atoms with Crippen molar-refractivity contribution in [1.29, 1.82) is 0 Å². The topological polar surface area (TPSA) is 58.6 Å². The minimum absolute atomic E-state index is 0.372. The van der Waals surface area contributed by atoms with Crippen LogP contribution < -0.4 is 10.1 Å². The highest BCUT2D eigenvalue weighted by atomic mass is 16.5. The number of benzene rings is 1. The molecular formula is C17H27NO3. The number of aryl methyl sites for hydroxylation is 1. The summed E-state index contributed by atoms with van der Waals surface area (Å²) in [5.74, 6) is 0.135. The Kier molecular flexibility index (Phi) is 6.69. The standard InChI is InChI=1S/C17H27NO3/c1-13(18-12-11-17(2,3)16(19)20)5-6-14-7-9-15(21-4)10-8-14/h7-10,13,18H,5-6,11-12H2,1-4H3,(H,19,20). The molecule has 0 aliphatic carbocycles. The number of carbonyl (C=O) groups is 1. The largest absolute Gasteiger partial charge is 0.497 e. The van der Waals surface area contributed by atoms with E-state index in [2.05, 4.69) is 24.4 Å². The van der Waals surface area contributed by atoms with Crippen molar-refractivity contribution in [2.45, 2.75) is 46.1 Å². The zero-order valence-electron chi connectivity index (χ0n) is 13.5. The Morgan fingerprint density at radius 3 is 2.48 bits per heavy atom. The van der Waals surface area contributed by atoms with Gasteiger partial charge in [-0.25, -0.2) is 0 Å². The lowest BCUT2D eigenvalue weighted by Gasteiger charge is -2.21. The van der Waals surface area contributed by atoms with E-state index >= 15 is 0 Å². The van der Waals surface area contributed by atoms with E-state index in [0.29, 0.717) is 12.5 Å². The van der Waals surface area contributed by atoms with Crippen molar-refractivity contribution in [3.05, 3.63) is 29.8 Å². The van der Waals surface area contributed by atoms with Crippen LogP contribution in [-0.4, -0.2) is 30.8 Å². The summed E-state index contributed by atoms with van der Waals surface area (Å²) in [6, 6.07) is 8.49. The van der Waals surface area contributed by atoms with Crippen LogP contribution in [0.5, 0.6) is 5.75 Å². The third kappa shape index (κ3) is 6.17. The second-order valence-electron chi connectivity index (χ2n) is 6.18. The summed E-state index contributed by atoms with van der Waals surface area (Å²) in [5.41, 5.74) is 0.623. The van der Waals surface area contributed by atoms with Crippen molar-refractivity contribution < 1.29 is 14.6 Å². The highest BCUT2D eigenvalue weighted by molar-refractivity contribution is 5.73. The number of ether oxygens (including phenoxy) is 1. The summed E-state index contributed by atoms with van der Waals surface area (Å²) < 4.78 is 5.14. The quantitative estimate of drug-likeness (QED) is 0.734. The smallest absolute Gasteiger partial charge is 0.309 e. The maximum atomic E-state index is 11.0. The summed E-state index contributed by atoms with van der Waals surface area (Å²) in [6.07, 6.45) is 2.66. The Morgan fingerprint density at radius 1 is 1.33 bits per heavy atom. The molecule has 0 radical (unpaired) electrons. The van der Waals surface area contributed by atoms with Crippen LogP contribution in [0.3, 0.4) is 0 Å². The van der Waals surface area contributed by atoms with Crippen molar-refractivity contribution in [2.24, 2.45) is 5.41 Å². The van der Waals surface area contributed by atoms with Gasteiger partial charge < -0.3 is 15.2 Å². The molecule has 4 nitrogen and oxygen atoms in total. The van der Waals surface area contributed by atoms with Gasteiger partial charge in [-0.05, 0) is 64.3 Å². The first kappa shape index (κ1) is 17.5. The Bertz CT molecular complexity index is 440. The first-order chi connectivity index (χ1) is 9.85. The average Bonchev–Trinajstić information content (AvgIpc) is 2.45. The molecule has 1 rings (SSSR count). The van der Waals surface area contributed by atoms with Crippen LogP contribution in [0.15, 0.2) is 24.3 Å². The first-order valence-corrected chi connectivity index (χ1v) is 7.45. The Morgan fingerprint density at radius 2 is 1.95 bits per heavy atom. The lowest BCUT2D eigenvalue weighted by atomic mass is 9.89. The zero-order valence-corrected chi connectivity index (χ0v) is 13.5. The summed E-state index contributed by atoms with van der Waals surface area (Å²) in [5, 5.41) is 12.5. The maximum absolute atomic E-state index is 11.0. The molecule has 21 heavy (non-hydrogen) atoms. The maximum Gasteiger partial charge on any atom is 0.309 e. The van der Waals surface area contributed by atoms with Gasteiger partial charge in [0.15, 0.2) is 0 Å². The number of hydrogen-bond acceptors (Lipinski definition) is 3. The van der Waals surface area contributed by atoms with Crippen LogP contribution in [-0.2, 0) is 11.2 Å². The second kappa shape index (κ2) is 8.03. The fourth-order valence-electron chi connectivity index (χ4n) is 2.02. The van der Waals surface area contributed by atoms with E-state index in [1.54, 1.807) is 21.0 Å². The van der Waals surface area contributed by atoms with E-state index in [1.807, 2.05) is 12.1 Å². The van der Waals surface area contributed by atoms with Gasteiger partial charge in [0.25, 0.3) is 0 Å². The van der Waals surface area contributed by atoms with Crippen molar-refractivity contribution in [3.63, 3.8) is 0 Å². The molecule has 1 unspecified atom stereocenters. The molecule has 0 aromatic heterocycles. The van der Waals surface area contributed by atoms with E-state index in [9.17, 15) is 4.79 Å². The van der Waals surface area contributed by atoms with Crippen LogP contribution in [0.25, 0.3) is 0 Å². The van der Waals surface area contributed by atoms with E-state index in [1.165, 1.54) is 5.56 Å². The summed E-state index contributed by atoms with van der Waals surface area (Å²) >= 11 is 0. The number of nitrogens with one attached hydrogen (secondary N) is 1. The molecule has 1 aromatic rings. The fourth-order valence-corrected chi connectivity index (χ4v) is 2.02. The summed E-state index contributed by atoms with van der Waals surface area (Å²) in [7, 11) is 1.67. The molecule has 0 saturated carbocycles. The molecule has 1 atom stereocenters. The van der Waals surface area contributed by atoms with Gasteiger partial charge in [0, 0.05) is 6.04 Å². The van der Waals surface area contributed by atoms with E-state index in [0.717, 1.165) is 25.1 Å². The predicted octanol–water partition coefficient (Wildman–Crippen LogP) is 3.11. The Hall–Kier alpha value is -1.55. The summed E-state index contributed by atoms with van der Waals surface area (Å²) in [4.78, 5) is 11.0. The molecular weight excluding hydrogens is 266 g/mol. The molecule has 1 aromatic carbocycles. The van der Waals surface area contributed by atoms with E-state index in [4.69, 9.17) is 9.84 Å². The lowest BCUT2D eigenvalue weighted by Crippen LogP contribution is -2.33. The molecule has 0 fully saturated rings. The van der Waals surface area contributed by atoms with Gasteiger partial charge in [-0.1, -0.05) is 12.1 Å². The van der Waals surface area contributed by atoms with Crippen LogP contribution in [0.1, 0.15) is 39.2 Å². The molecule has 0 aliphatic heterocycles. The third-order valence-electron chi connectivity index (χ3n) is 3.85. The van der Waals surface area contributed by atoms with Crippen molar-refractivity contribution in [3.8, 4) is 5.75 Å². The van der Waals surface area contributed by atoms with E-state index < -0.39 is 11.4 Å². The van der Waals surface area contributed by atoms with Gasteiger partial charge in [0.2, 0.25) is 0 Å². The van der Waals surface area contributed by atoms with Crippen LogP contribution in [0, 0.1) is 5.41 Å². The lowest BCUT2D eigenvalue weighted by molar-refractivity contribution is -0.147. The fraction of sp³-hybridized carbons (Fsp3) is 0.588. The molecule has 0 spiro atoms. The number of rotatable bonds is 9. The van der Waals surface area contributed by atoms with Gasteiger partial charge in [-0.3, -0.25) is 4.79 Å². The van der Waals surface area contributed by atoms with Gasteiger partial charge in [-0.15, -0.1) is 0 Å². The van der Waals surface area contributed by atoms with Crippen molar-refractivity contribution in [2.75, 3.05) is 13.7 Å². The number of aliphatic carboxylic acids is 1. The molecule has 0 bridgehead atoms. The first-order valence-electron chi connectivity index (χ1n) is 7.45. The molecule has 4 heteroatoms. The van der Waals surface area contributed by atoms with Gasteiger partial charge in [0.05, 0.1) is 12.5 Å². The zero-order chi connectivity index (χ0) is 15.9. The number of hydrogen-bond donors (Lipinski definition) is 2. The molecule has 0 heterocycles. The molecule has 0 saturated heterocycles. The monoisotopic (exact) mass is 293 g/mol. The average molecular weight is 293 g/mol. The van der Waals surface area contributed by atoms with Crippen LogP contribution in [0.2, 0.25) is 0 Å².